The monoisotopic (exact) mass is 426 g/mol. The molecule has 0 atom stereocenters. The second kappa shape index (κ2) is 13.6. The van der Waals surface area contributed by atoms with Gasteiger partial charge in [-0.1, -0.05) is 124 Å². The van der Waals surface area contributed by atoms with Crippen LogP contribution in [0.15, 0.2) is 0 Å². The molecule has 1 aliphatic rings. The van der Waals surface area contributed by atoms with Crippen LogP contribution in [0.5, 0.6) is 0 Å². The molecule has 1 rings (SSSR count). The molecule has 0 bridgehead atoms. The van der Waals surface area contributed by atoms with Crippen LogP contribution in [-0.2, 0) is 4.43 Å². The molecule has 0 radical (unpaired) electrons. The van der Waals surface area contributed by atoms with E-state index in [9.17, 15) is 0 Å². The SMILES string of the molecule is CCCCCCCC1(CCCCCCC)CC[Si](CC)(CC)[Si](CC)(CC)O1. The van der Waals surface area contributed by atoms with Crippen molar-refractivity contribution in [3.8, 4) is 0 Å². The van der Waals surface area contributed by atoms with Gasteiger partial charge in [-0.25, -0.2) is 0 Å². The predicted molar refractivity (Wildman–Crippen MR) is 133 cm³/mol. The highest BCUT2D eigenvalue weighted by Gasteiger charge is 2.58. The summed E-state index contributed by atoms with van der Waals surface area (Å²) in [6.07, 6.45) is 18.1. The first-order valence-electron chi connectivity index (χ1n) is 13.2. The Hall–Kier alpha value is 0.394. The number of hydrogen-bond acceptors (Lipinski definition) is 1. The van der Waals surface area contributed by atoms with E-state index in [0.29, 0.717) is 0 Å². The summed E-state index contributed by atoms with van der Waals surface area (Å²) < 4.78 is 7.57. The van der Waals surface area contributed by atoms with Crippen LogP contribution < -0.4 is 0 Å². The molecule has 3 heteroatoms. The maximum absolute atomic E-state index is 7.57. The summed E-state index contributed by atoms with van der Waals surface area (Å²) in [6, 6.07) is 7.29. The molecule has 1 heterocycles. The van der Waals surface area contributed by atoms with Crippen LogP contribution in [0.3, 0.4) is 0 Å². The summed E-state index contributed by atoms with van der Waals surface area (Å²) in [7, 11) is -2.76. The lowest BCUT2D eigenvalue weighted by atomic mass is 9.87. The highest BCUT2D eigenvalue weighted by atomic mass is 29.3. The van der Waals surface area contributed by atoms with E-state index >= 15 is 0 Å². The van der Waals surface area contributed by atoms with Gasteiger partial charge in [-0.05, 0) is 31.4 Å². The zero-order valence-electron chi connectivity index (χ0n) is 20.6. The van der Waals surface area contributed by atoms with Gasteiger partial charge in [-0.3, -0.25) is 0 Å². The summed E-state index contributed by atoms with van der Waals surface area (Å²) in [4.78, 5) is 0. The Morgan fingerprint density at radius 3 is 1.46 bits per heavy atom. The molecule has 0 aromatic rings. The fraction of sp³-hybridized carbons (Fsp3) is 1.00. The maximum atomic E-state index is 7.57. The molecule has 1 nitrogen and oxygen atoms in total. The van der Waals surface area contributed by atoms with Crippen molar-refractivity contribution in [1.29, 1.82) is 0 Å². The first kappa shape index (κ1) is 26.4. The molecule has 1 fully saturated rings. The molecule has 0 aromatic heterocycles. The summed E-state index contributed by atoms with van der Waals surface area (Å²) in [6.45, 7) is 14.6. The minimum Gasteiger partial charge on any atom is -0.414 e. The zero-order valence-corrected chi connectivity index (χ0v) is 22.6. The Morgan fingerprint density at radius 1 is 0.607 bits per heavy atom. The molecule has 0 unspecified atom stereocenters. The topological polar surface area (TPSA) is 9.23 Å². The third-order valence-electron chi connectivity index (χ3n) is 8.41. The molecule has 1 saturated heterocycles. The average molecular weight is 427 g/mol. The van der Waals surface area contributed by atoms with Crippen LogP contribution >= 0.6 is 0 Å². The van der Waals surface area contributed by atoms with Crippen LogP contribution in [0.4, 0.5) is 0 Å². The molecular formula is C25H54OSi2. The van der Waals surface area contributed by atoms with Crippen LogP contribution in [-0.4, -0.2) is 21.0 Å². The van der Waals surface area contributed by atoms with E-state index in [1.54, 1.807) is 6.04 Å². The lowest BCUT2D eigenvalue weighted by molar-refractivity contribution is 0.0268. The van der Waals surface area contributed by atoms with Crippen molar-refractivity contribution < 1.29 is 4.43 Å². The Labute approximate surface area is 180 Å². The average Bonchev–Trinajstić information content (AvgIpc) is 2.73. The first-order chi connectivity index (χ1) is 13.5. The quantitative estimate of drug-likeness (QED) is 0.176. The highest BCUT2D eigenvalue weighted by molar-refractivity contribution is 7.40. The molecule has 0 amide bonds. The normalized spacial score (nSPS) is 20.4. The van der Waals surface area contributed by atoms with Gasteiger partial charge in [0.2, 0.25) is 0 Å². The summed E-state index contributed by atoms with van der Waals surface area (Å²) in [5.74, 6) is 0. The zero-order chi connectivity index (χ0) is 20.9. The van der Waals surface area contributed by atoms with Crippen molar-refractivity contribution >= 4 is 15.4 Å². The molecule has 28 heavy (non-hydrogen) atoms. The van der Waals surface area contributed by atoms with Crippen molar-refractivity contribution in [3.63, 3.8) is 0 Å². The Kier molecular flexibility index (Phi) is 12.9. The lowest BCUT2D eigenvalue weighted by Crippen LogP contribution is -2.70. The Bertz CT molecular complexity index is 374. The first-order valence-corrected chi connectivity index (χ1v) is 19.2. The third kappa shape index (κ3) is 6.70. The maximum Gasteiger partial charge on any atom is 0.180 e. The minimum absolute atomic E-state index is 0.261. The largest absolute Gasteiger partial charge is 0.414 e. The van der Waals surface area contributed by atoms with E-state index in [4.69, 9.17) is 4.43 Å². The van der Waals surface area contributed by atoms with Gasteiger partial charge in [0.15, 0.2) is 7.83 Å². The van der Waals surface area contributed by atoms with Gasteiger partial charge in [0.25, 0.3) is 0 Å². The van der Waals surface area contributed by atoms with Crippen LogP contribution in [0.1, 0.15) is 125 Å². The van der Waals surface area contributed by atoms with Crippen molar-refractivity contribution in [3.05, 3.63) is 0 Å². The fourth-order valence-corrected chi connectivity index (χ4v) is 25.2. The Morgan fingerprint density at radius 2 is 1.07 bits per heavy atom. The van der Waals surface area contributed by atoms with Crippen molar-refractivity contribution in [2.45, 2.75) is 161 Å². The van der Waals surface area contributed by atoms with E-state index < -0.39 is 15.4 Å². The van der Waals surface area contributed by atoms with E-state index in [0.717, 1.165) is 0 Å². The van der Waals surface area contributed by atoms with Crippen molar-refractivity contribution in [2.75, 3.05) is 0 Å². The van der Waals surface area contributed by atoms with Gasteiger partial charge in [0.05, 0.1) is 13.2 Å². The minimum atomic E-state index is -1.56. The smallest absolute Gasteiger partial charge is 0.180 e. The van der Waals surface area contributed by atoms with E-state index in [1.807, 2.05) is 0 Å². The molecular weight excluding hydrogens is 372 g/mol. The van der Waals surface area contributed by atoms with Crippen molar-refractivity contribution in [1.82, 2.24) is 0 Å². The van der Waals surface area contributed by atoms with Crippen LogP contribution in [0.25, 0.3) is 0 Å². The molecule has 0 spiro atoms. The van der Waals surface area contributed by atoms with E-state index in [1.165, 1.54) is 108 Å². The number of rotatable bonds is 16. The molecule has 168 valence electrons. The molecule has 1 aliphatic heterocycles. The summed E-state index contributed by atoms with van der Waals surface area (Å²) in [5, 5.41) is 0. The van der Waals surface area contributed by atoms with Gasteiger partial charge in [0, 0.05) is 0 Å². The van der Waals surface area contributed by atoms with Crippen LogP contribution in [0, 0.1) is 0 Å². The van der Waals surface area contributed by atoms with E-state index in [-0.39, 0.29) is 5.60 Å². The number of unbranched alkanes of at least 4 members (excludes halogenated alkanes) is 8. The van der Waals surface area contributed by atoms with Crippen LogP contribution in [0.2, 0.25) is 30.2 Å². The van der Waals surface area contributed by atoms with Gasteiger partial charge >= 0.3 is 0 Å². The summed E-state index contributed by atoms with van der Waals surface area (Å²) >= 11 is 0. The van der Waals surface area contributed by atoms with Gasteiger partial charge in [-0.2, -0.15) is 0 Å². The lowest BCUT2D eigenvalue weighted by Gasteiger charge is -2.57. The number of hydrogen-bond donors (Lipinski definition) is 0. The standard InChI is InChI=1S/C25H54OSi2/c1-7-13-15-17-19-21-25(22-20-18-16-14-8-2)23-24-27(9-3,10-4)28(11-5,12-6)26-25/h7-24H2,1-6H3. The van der Waals surface area contributed by atoms with Gasteiger partial charge in [0.1, 0.15) is 0 Å². The van der Waals surface area contributed by atoms with Gasteiger partial charge in [-0.15, -0.1) is 0 Å². The van der Waals surface area contributed by atoms with Crippen molar-refractivity contribution in [2.24, 2.45) is 0 Å². The highest BCUT2D eigenvalue weighted by Crippen LogP contribution is 2.49. The molecule has 0 N–H and O–H groups in total. The molecule has 0 aliphatic carbocycles. The van der Waals surface area contributed by atoms with Gasteiger partial charge < -0.3 is 4.43 Å². The molecule has 0 saturated carbocycles. The fourth-order valence-electron chi connectivity index (χ4n) is 6.24. The predicted octanol–water partition coefficient (Wildman–Crippen LogP) is 9.42. The van der Waals surface area contributed by atoms with E-state index in [2.05, 4.69) is 41.5 Å². The second-order valence-corrected chi connectivity index (χ2v) is 23.8. The second-order valence-electron chi connectivity index (χ2n) is 9.80. The summed E-state index contributed by atoms with van der Waals surface area (Å²) in [5.41, 5.74) is 0.261. The third-order valence-corrected chi connectivity index (χ3v) is 28.5. The Balaban J connectivity index is 2.90. The molecule has 0 aromatic carbocycles.